The maximum Gasteiger partial charge on any atom is 0.0351 e. The van der Waals surface area contributed by atoms with Gasteiger partial charge in [0.05, 0.1) is 0 Å². The van der Waals surface area contributed by atoms with Gasteiger partial charge in [0.15, 0.2) is 0 Å². The molecule has 1 heterocycles. The Bertz CT molecular complexity index is 371. The molecule has 1 atom stereocenters. The van der Waals surface area contributed by atoms with E-state index in [0.717, 1.165) is 11.7 Å². The van der Waals surface area contributed by atoms with Gasteiger partial charge in [-0.1, -0.05) is 18.6 Å². The predicted octanol–water partition coefficient (Wildman–Crippen LogP) is 2.96. The van der Waals surface area contributed by atoms with Crippen LogP contribution in [0.5, 0.6) is 0 Å². The van der Waals surface area contributed by atoms with Crippen molar-refractivity contribution in [2.75, 3.05) is 12.3 Å². The van der Waals surface area contributed by atoms with Gasteiger partial charge in [0.1, 0.15) is 0 Å². The van der Waals surface area contributed by atoms with Gasteiger partial charge in [-0.25, -0.2) is 0 Å². The molecular formula is C14H20N2. The SMILES string of the molecule is Nc1cccc(C2CCCCN2C2CC2)c1. The number of rotatable bonds is 2. The van der Waals surface area contributed by atoms with E-state index in [0.29, 0.717) is 6.04 Å². The molecule has 2 fully saturated rings. The van der Waals surface area contributed by atoms with Gasteiger partial charge < -0.3 is 5.73 Å². The van der Waals surface area contributed by atoms with Gasteiger partial charge in [0.2, 0.25) is 0 Å². The minimum atomic E-state index is 0.629. The van der Waals surface area contributed by atoms with Crippen LogP contribution < -0.4 is 5.73 Å². The van der Waals surface area contributed by atoms with Crippen LogP contribution in [0, 0.1) is 0 Å². The largest absolute Gasteiger partial charge is 0.399 e. The number of benzene rings is 1. The highest BCUT2D eigenvalue weighted by atomic mass is 15.2. The molecule has 0 spiro atoms. The minimum Gasteiger partial charge on any atom is -0.399 e. The summed E-state index contributed by atoms with van der Waals surface area (Å²) in [5.74, 6) is 0. The maximum atomic E-state index is 5.88. The Labute approximate surface area is 97.4 Å². The summed E-state index contributed by atoms with van der Waals surface area (Å²) in [7, 11) is 0. The molecule has 86 valence electrons. The molecule has 2 heteroatoms. The lowest BCUT2D eigenvalue weighted by atomic mass is 9.95. The minimum absolute atomic E-state index is 0.629. The molecule has 1 aromatic rings. The predicted molar refractivity (Wildman–Crippen MR) is 67.2 cm³/mol. The van der Waals surface area contributed by atoms with E-state index in [2.05, 4.69) is 23.1 Å². The third kappa shape index (κ3) is 1.94. The van der Waals surface area contributed by atoms with Gasteiger partial charge in [-0.3, -0.25) is 4.90 Å². The first kappa shape index (κ1) is 10.2. The highest BCUT2D eigenvalue weighted by molar-refractivity contribution is 5.41. The first-order valence-corrected chi connectivity index (χ1v) is 6.46. The molecule has 0 amide bonds. The topological polar surface area (TPSA) is 29.3 Å². The summed E-state index contributed by atoms with van der Waals surface area (Å²) in [6, 6.07) is 9.96. The molecule has 1 saturated carbocycles. The van der Waals surface area contributed by atoms with Crippen LogP contribution >= 0.6 is 0 Å². The average molecular weight is 216 g/mol. The van der Waals surface area contributed by atoms with E-state index in [1.54, 1.807) is 0 Å². The second-order valence-electron chi connectivity index (χ2n) is 5.15. The molecule has 1 aromatic carbocycles. The van der Waals surface area contributed by atoms with E-state index in [4.69, 9.17) is 5.73 Å². The number of nitrogens with two attached hydrogens (primary N) is 1. The highest BCUT2D eigenvalue weighted by Crippen LogP contribution is 2.39. The Morgan fingerprint density at radius 2 is 2.00 bits per heavy atom. The van der Waals surface area contributed by atoms with Crippen molar-refractivity contribution in [2.45, 2.75) is 44.2 Å². The van der Waals surface area contributed by atoms with Crippen LogP contribution in [-0.4, -0.2) is 17.5 Å². The molecule has 1 saturated heterocycles. The van der Waals surface area contributed by atoms with Crippen molar-refractivity contribution in [1.82, 2.24) is 4.90 Å². The van der Waals surface area contributed by atoms with Gasteiger partial charge in [0.25, 0.3) is 0 Å². The normalized spacial score (nSPS) is 26.9. The van der Waals surface area contributed by atoms with Gasteiger partial charge in [0, 0.05) is 17.8 Å². The summed E-state index contributed by atoms with van der Waals surface area (Å²) in [6.45, 7) is 1.28. The number of hydrogen-bond donors (Lipinski definition) is 1. The summed E-state index contributed by atoms with van der Waals surface area (Å²) in [4.78, 5) is 2.71. The molecule has 16 heavy (non-hydrogen) atoms. The molecule has 0 aromatic heterocycles. The zero-order valence-electron chi connectivity index (χ0n) is 9.73. The molecule has 3 rings (SSSR count). The van der Waals surface area contributed by atoms with E-state index >= 15 is 0 Å². The number of anilines is 1. The lowest BCUT2D eigenvalue weighted by molar-refractivity contribution is 0.139. The van der Waals surface area contributed by atoms with E-state index in [-0.39, 0.29) is 0 Å². The molecule has 2 nitrogen and oxygen atoms in total. The Balaban J connectivity index is 1.85. The zero-order valence-corrected chi connectivity index (χ0v) is 9.73. The first-order chi connectivity index (χ1) is 7.84. The maximum absolute atomic E-state index is 5.88. The molecule has 2 N–H and O–H groups in total. The van der Waals surface area contributed by atoms with Crippen LogP contribution in [0.3, 0.4) is 0 Å². The fourth-order valence-electron chi connectivity index (χ4n) is 2.92. The van der Waals surface area contributed by atoms with Crippen molar-refractivity contribution in [1.29, 1.82) is 0 Å². The van der Waals surface area contributed by atoms with Crippen molar-refractivity contribution in [3.05, 3.63) is 29.8 Å². The molecule has 0 radical (unpaired) electrons. The van der Waals surface area contributed by atoms with Crippen molar-refractivity contribution in [3.63, 3.8) is 0 Å². The Morgan fingerprint density at radius 3 is 2.75 bits per heavy atom. The van der Waals surface area contributed by atoms with Crippen molar-refractivity contribution < 1.29 is 0 Å². The van der Waals surface area contributed by atoms with E-state index < -0.39 is 0 Å². The fraction of sp³-hybridized carbons (Fsp3) is 0.571. The number of nitrogens with zero attached hydrogens (tertiary/aromatic N) is 1. The lowest BCUT2D eigenvalue weighted by Crippen LogP contribution is -2.35. The van der Waals surface area contributed by atoms with E-state index in [1.165, 1.54) is 44.2 Å². The van der Waals surface area contributed by atoms with E-state index in [9.17, 15) is 0 Å². The van der Waals surface area contributed by atoms with Gasteiger partial charge in [-0.15, -0.1) is 0 Å². The number of nitrogen functional groups attached to an aromatic ring is 1. The van der Waals surface area contributed by atoms with Crippen LogP contribution in [0.25, 0.3) is 0 Å². The van der Waals surface area contributed by atoms with Crippen LogP contribution in [0.4, 0.5) is 5.69 Å². The average Bonchev–Trinajstić information content (AvgIpc) is 3.13. The van der Waals surface area contributed by atoms with Crippen LogP contribution in [0.1, 0.15) is 43.7 Å². The molecular weight excluding hydrogens is 196 g/mol. The molecule has 0 bridgehead atoms. The van der Waals surface area contributed by atoms with Crippen LogP contribution in [-0.2, 0) is 0 Å². The van der Waals surface area contributed by atoms with Gasteiger partial charge in [-0.05, 0) is 49.9 Å². The molecule has 2 aliphatic rings. The second-order valence-corrected chi connectivity index (χ2v) is 5.15. The van der Waals surface area contributed by atoms with Crippen molar-refractivity contribution >= 4 is 5.69 Å². The first-order valence-electron chi connectivity index (χ1n) is 6.46. The summed E-state index contributed by atoms with van der Waals surface area (Å²) in [5, 5.41) is 0. The summed E-state index contributed by atoms with van der Waals surface area (Å²) < 4.78 is 0. The molecule has 1 unspecified atom stereocenters. The van der Waals surface area contributed by atoms with Gasteiger partial charge in [-0.2, -0.15) is 0 Å². The summed E-state index contributed by atoms with van der Waals surface area (Å²) in [5.41, 5.74) is 8.21. The van der Waals surface area contributed by atoms with Crippen molar-refractivity contribution in [2.24, 2.45) is 0 Å². The zero-order chi connectivity index (χ0) is 11.0. The Kier molecular flexibility index (Phi) is 2.60. The number of piperidine rings is 1. The third-order valence-electron chi connectivity index (χ3n) is 3.86. The van der Waals surface area contributed by atoms with Crippen LogP contribution in [0.15, 0.2) is 24.3 Å². The molecule has 1 aliphatic heterocycles. The monoisotopic (exact) mass is 216 g/mol. The lowest BCUT2D eigenvalue weighted by Gasteiger charge is -2.36. The molecule has 1 aliphatic carbocycles. The highest BCUT2D eigenvalue weighted by Gasteiger charge is 2.35. The Morgan fingerprint density at radius 1 is 1.12 bits per heavy atom. The smallest absolute Gasteiger partial charge is 0.0351 e. The fourth-order valence-corrected chi connectivity index (χ4v) is 2.92. The number of hydrogen-bond acceptors (Lipinski definition) is 2. The standard InChI is InChI=1S/C14H20N2/c15-12-5-3-4-11(10-12)14-6-1-2-9-16(14)13-7-8-13/h3-5,10,13-14H,1-2,6-9,15H2. The van der Waals surface area contributed by atoms with Crippen molar-refractivity contribution in [3.8, 4) is 0 Å². The van der Waals surface area contributed by atoms with Gasteiger partial charge >= 0.3 is 0 Å². The summed E-state index contributed by atoms with van der Waals surface area (Å²) >= 11 is 0. The van der Waals surface area contributed by atoms with E-state index in [1.807, 2.05) is 6.07 Å². The number of likely N-dealkylation sites (tertiary alicyclic amines) is 1. The second kappa shape index (κ2) is 4.10. The third-order valence-corrected chi connectivity index (χ3v) is 3.86. The summed E-state index contributed by atoms with van der Waals surface area (Å²) in [6.07, 6.45) is 6.84. The quantitative estimate of drug-likeness (QED) is 0.770. The van der Waals surface area contributed by atoms with Crippen LogP contribution in [0.2, 0.25) is 0 Å². The Hall–Kier alpha value is -1.02.